The summed E-state index contributed by atoms with van der Waals surface area (Å²) >= 11 is 8.98. The molecule has 0 aliphatic heterocycles. The summed E-state index contributed by atoms with van der Waals surface area (Å²) in [6.45, 7) is 2.02. The molecule has 0 amide bonds. The number of anilines is 1. The van der Waals surface area contributed by atoms with Crippen LogP contribution in [0.1, 0.15) is 24.4 Å². The van der Waals surface area contributed by atoms with E-state index in [0.717, 1.165) is 10.0 Å². The Bertz CT molecular complexity index is 486. The van der Waals surface area contributed by atoms with Gasteiger partial charge in [0.05, 0.1) is 6.04 Å². The predicted octanol–water partition coefficient (Wildman–Crippen LogP) is 3.74. The van der Waals surface area contributed by atoms with Crippen molar-refractivity contribution in [2.75, 3.05) is 5.32 Å². The SMILES string of the molecule is CC(Nc1nnc(CCl)o1)c1ccc(Br)cc1. The van der Waals surface area contributed by atoms with Gasteiger partial charge in [0.1, 0.15) is 5.88 Å². The summed E-state index contributed by atoms with van der Waals surface area (Å²) in [5, 5.41) is 10.7. The molecule has 0 aliphatic rings. The summed E-state index contributed by atoms with van der Waals surface area (Å²) in [7, 11) is 0. The third kappa shape index (κ3) is 3.20. The molecular formula is C11H11BrClN3O. The van der Waals surface area contributed by atoms with Crippen molar-refractivity contribution in [2.45, 2.75) is 18.8 Å². The standard InChI is InChI=1S/C11H11BrClN3O/c1-7(8-2-4-9(12)5-3-8)14-11-16-15-10(6-13)17-11/h2-5,7H,6H2,1H3,(H,14,16). The minimum absolute atomic E-state index is 0.0896. The highest BCUT2D eigenvalue weighted by Gasteiger charge is 2.10. The molecule has 6 heteroatoms. The van der Waals surface area contributed by atoms with Gasteiger partial charge in [0.25, 0.3) is 0 Å². The molecule has 0 saturated carbocycles. The zero-order valence-corrected chi connectivity index (χ0v) is 11.5. The number of alkyl halides is 1. The number of hydrogen-bond acceptors (Lipinski definition) is 4. The van der Waals surface area contributed by atoms with Crippen molar-refractivity contribution in [3.63, 3.8) is 0 Å². The van der Waals surface area contributed by atoms with E-state index in [1.165, 1.54) is 0 Å². The van der Waals surface area contributed by atoms with E-state index in [1.807, 2.05) is 31.2 Å². The molecule has 1 atom stereocenters. The molecule has 1 unspecified atom stereocenters. The number of hydrogen-bond donors (Lipinski definition) is 1. The summed E-state index contributed by atoms with van der Waals surface area (Å²) in [5.41, 5.74) is 1.14. The normalized spacial score (nSPS) is 12.4. The number of aromatic nitrogens is 2. The van der Waals surface area contributed by atoms with Crippen molar-refractivity contribution in [1.82, 2.24) is 10.2 Å². The summed E-state index contributed by atoms with van der Waals surface area (Å²) in [5.74, 6) is 0.638. The van der Waals surface area contributed by atoms with Crippen molar-refractivity contribution >= 4 is 33.5 Å². The van der Waals surface area contributed by atoms with Gasteiger partial charge in [0.15, 0.2) is 0 Å². The topological polar surface area (TPSA) is 51.0 Å². The lowest BCUT2D eigenvalue weighted by Crippen LogP contribution is -2.06. The van der Waals surface area contributed by atoms with E-state index < -0.39 is 0 Å². The molecule has 0 fully saturated rings. The number of nitrogens with zero attached hydrogens (tertiary/aromatic N) is 2. The fourth-order valence-corrected chi connectivity index (χ4v) is 1.76. The second-order valence-corrected chi connectivity index (χ2v) is 4.74. The summed E-state index contributed by atoms with van der Waals surface area (Å²) in [6, 6.07) is 8.51. The highest BCUT2D eigenvalue weighted by Crippen LogP contribution is 2.20. The largest absolute Gasteiger partial charge is 0.407 e. The molecule has 90 valence electrons. The minimum atomic E-state index is 0.0896. The molecule has 0 radical (unpaired) electrons. The lowest BCUT2D eigenvalue weighted by molar-refractivity contribution is 0.520. The van der Waals surface area contributed by atoms with E-state index in [1.54, 1.807) is 0 Å². The molecule has 0 bridgehead atoms. The van der Waals surface area contributed by atoms with Gasteiger partial charge >= 0.3 is 6.01 Å². The molecule has 0 saturated heterocycles. The third-order valence-corrected chi connectivity index (χ3v) is 3.05. The van der Waals surface area contributed by atoms with Crippen LogP contribution in [0.25, 0.3) is 0 Å². The van der Waals surface area contributed by atoms with Gasteiger partial charge in [0.2, 0.25) is 5.89 Å². The Morgan fingerprint density at radius 3 is 2.65 bits per heavy atom. The first kappa shape index (κ1) is 12.4. The summed E-state index contributed by atoms with van der Waals surface area (Å²) in [4.78, 5) is 0. The van der Waals surface area contributed by atoms with E-state index in [4.69, 9.17) is 16.0 Å². The number of benzene rings is 1. The molecule has 1 N–H and O–H groups in total. The molecule has 2 rings (SSSR count). The molecular weight excluding hydrogens is 305 g/mol. The quantitative estimate of drug-likeness (QED) is 0.873. The maximum absolute atomic E-state index is 5.58. The molecule has 1 heterocycles. The lowest BCUT2D eigenvalue weighted by Gasteiger charge is -2.11. The number of rotatable bonds is 4. The van der Waals surface area contributed by atoms with Gasteiger partial charge in [0, 0.05) is 4.47 Å². The van der Waals surface area contributed by atoms with E-state index in [-0.39, 0.29) is 11.9 Å². The maximum Gasteiger partial charge on any atom is 0.315 e. The van der Waals surface area contributed by atoms with Gasteiger partial charge in [-0.3, -0.25) is 0 Å². The van der Waals surface area contributed by atoms with Crippen molar-refractivity contribution in [2.24, 2.45) is 0 Å². The smallest absolute Gasteiger partial charge is 0.315 e. The molecule has 1 aromatic carbocycles. The second-order valence-electron chi connectivity index (χ2n) is 3.55. The molecule has 0 aliphatic carbocycles. The van der Waals surface area contributed by atoms with Crippen LogP contribution in [0.15, 0.2) is 33.2 Å². The molecule has 17 heavy (non-hydrogen) atoms. The van der Waals surface area contributed by atoms with Gasteiger partial charge < -0.3 is 9.73 Å². The Morgan fingerprint density at radius 1 is 1.35 bits per heavy atom. The first-order valence-corrected chi connectivity index (χ1v) is 6.42. The molecule has 2 aromatic rings. The van der Waals surface area contributed by atoms with Crippen LogP contribution in [-0.2, 0) is 5.88 Å². The summed E-state index contributed by atoms with van der Waals surface area (Å²) in [6.07, 6.45) is 0. The Kier molecular flexibility index (Phi) is 4.02. The number of nitrogens with one attached hydrogen (secondary N) is 1. The third-order valence-electron chi connectivity index (χ3n) is 2.29. The Hall–Kier alpha value is -1.07. The fraction of sp³-hybridized carbons (Fsp3) is 0.273. The first-order valence-electron chi connectivity index (χ1n) is 5.09. The average molecular weight is 317 g/mol. The van der Waals surface area contributed by atoms with Crippen molar-refractivity contribution < 1.29 is 4.42 Å². The monoisotopic (exact) mass is 315 g/mol. The Balaban J connectivity index is 2.05. The first-order chi connectivity index (χ1) is 8.19. The second kappa shape index (κ2) is 5.51. The van der Waals surface area contributed by atoms with E-state index in [9.17, 15) is 0 Å². The highest BCUT2D eigenvalue weighted by molar-refractivity contribution is 9.10. The number of halogens is 2. The van der Waals surface area contributed by atoms with Crippen LogP contribution in [-0.4, -0.2) is 10.2 Å². The fourth-order valence-electron chi connectivity index (χ4n) is 1.39. The average Bonchev–Trinajstić information content (AvgIpc) is 2.77. The summed E-state index contributed by atoms with van der Waals surface area (Å²) < 4.78 is 6.33. The van der Waals surface area contributed by atoms with Gasteiger partial charge in [-0.05, 0) is 24.6 Å². The predicted molar refractivity (Wildman–Crippen MR) is 70.0 cm³/mol. The van der Waals surface area contributed by atoms with Crippen molar-refractivity contribution in [3.05, 3.63) is 40.2 Å². The minimum Gasteiger partial charge on any atom is -0.407 e. The van der Waals surface area contributed by atoms with Crippen LogP contribution in [0.4, 0.5) is 6.01 Å². The van der Waals surface area contributed by atoms with Crippen LogP contribution in [0, 0.1) is 0 Å². The van der Waals surface area contributed by atoms with Gasteiger partial charge in [-0.15, -0.1) is 16.7 Å². The van der Waals surface area contributed by atoms with Crippen molar-refractivity contribution in [1.29, 1.82) is 0 Å². The van der Waals surface area contributed by atoms with Crippen molar-refractivity contribution in [3.8, 4) is 0 Å². The zero-order valence-electron chi connectivity index (χ0n) is 9.15. The van der Waals surface area contributed by atoms with Crippen LogP contribution < -0.4 is 5.32 Å². The highest BCUT2D eigenvalue weighted by atomic mass is 79.9. The zero-order chi connectivity index (χ0) is 12.3. The maximum atomic E-state index is 5.58. The van der Waals surface area contributed by atoms with Gasteiger partial charge in [-0.1, -0.05) is 33.2 Å². The van der Waals surface area contributed by atoms with Crippen LogP contribution in [0.5, 0.6) is 0 Å². The van der Waals surface area contributed by atoms with Gasteiger partial charge in [-0.2, -0.15) is 0 Å². The van der Waals surface area contributed by atoms with Gasteiger partial charge in [-0.25, -0.2) is 0 Å². The lowest BCUT2D eigenvalue weighted by atomic mass is 10.1. The van der Waals surface area contributed by atoms with E-state index in [0.29, 0.717) is 11.9 Å². The van der Waals surface area contributed by atoms with Crippen LogP contribution >= 0.6 is 27.5 Å². The van der Waals surface area contributed by atoms with Crippen LogP contribution in [0.2, 0.25) is 0 Å². The molecule has 0 spiro atoms. The van der Waals surface area contributed by atoms with E-state index >= 15 is 0 Å². The van der Waals surface area contributed by atoms with Crippen LogP contribution in [0.3, 0.4) is 0 Å². The Morgan fingerprint density at radius 2 is 2.06 bits per heavy atom. The Labute approximate surface area is 113 Å². The molecule has 4 nitrogen and oxygen atoms in total. The van der Waals surface area contributed by atoms with E-state index in [2.05, 4.69) is 31.4 Å². The molecule has 1 aromatic heterocycles.